The molecule has 0 aliphatic rings. The van der Waals surface area contributed by atoms with Gasteiger partial charge in [0.1, 0.15) is 6.29 Å². The molecule has 0 aliphatic heterocycles. The number of benzene rings is 1. The van der Waals surface area contributed by atoms with Gasteiger partial charge < -0.3 is 9.53 Å². The van der Waals surface area contributed by atoms with Gasteiger partial charge in [0.05, 0.1) is 7.11 Å². The van der Waals surface area contributed by atoms with Gasteiger partial charge in [-0.25, -0.2) is 4.79 Å². The fourth-order valence-corrected chi connectivity index (χ4v) is 1.85. The van der Waals surface area contributed by atoms with Crippen LogP contribution in [0.1, 0.15) is 24.8 Å². The summed E-state index contributed by atoms with van der Waals surface area (Å²) < 4.78 is 4.58. The van der Waals surface area contributed by atoms with E-state index in [1.807, 2.05) is 37.3 Å². The van der Waals surface area contributed by atoms with Crippen molar-refractivity contribution in [1.82, 2.24) is 0 Å². The molecule has 0 radical (unpaired) electrons. The molecule has 1 rings (SSSR count). The van der Waals surface area contributed by atoms with Crippen LogP contribution in [0.2, 0.25) is 0 Å². The second-order valence-electron chi connectivity index (χ2n) is 4.20. The molecule has 0 saturated heterocycles. The summed E-state index contributed by atoms with van der Waals surface area (Å²) in [5.41, 5.74) is 1.09. The van der Waals surface area contributed by atoms with Crippen LogP contribution >= 0.6 is 0 Å². The van der Waals surface area contributed by atoms with Gasteiger partial charge in [-0.2, -0.15) is 0 Å². The van der Waals surface area contributed by atoms with Gasteiger partial charge in [0, 0.05) is 18.4 Å². The Morgan fingerprint density at radius 3 is 2.56 bits per heavy atom. The standard InChI is InChI=1S/C15H18O3/c1-12(10-11-16)14(8-9-15(17)18-2)13-6-4-3-5-7-13/h3-9,11-12,14H,10H2,1-2H3/t12-,14+/m1/s1. The third-order valence-electron chi connectivity index (χ3n) is 2.91. The van der Waals surface area contributed by atoms with Crippen molar-refractivity contribution in [3.63, 3.8) is 0 Å². The smallest absolute Gasteiger partial charge is 0.330 e. The number of esters is 1. The molecule has 0 amide bonds. The molecule has 0 fully saturated rings. The second kappa shape index (κ2) is 7.43. The van der Waals surface area contributed by atoms with E-state index in [1.165, 1.54) is 13.2 Å². The van der Waals surface area contributed by atoms with E-state index in [2.05, 4.69) is 4.74 Å². The van der Waals surface area contributed by atoms with E-state index >= 15 is 0 Å². The van der Waals surface area contributed by atoms with Crippen molar-refractivity contribution < 1.29 is 14.3 Å². The molecule has 0 unspecified atom stereocenters. The molecule has 3 nitrogen and oxygen atoms in total. The summed E-state index contributed by atoms with van der Waals surface area (Å²) in [6, 6.07) is 9.82. The number of carbonyl (C=O) groups excluding carboxylic acids is 2. The Balaban J connectivity index is 2.92. The lowest BCUT2D eigenvalue weighted by Crippen LogP contribution is -2.09. The van der Waals surface area contributed by atoms with E-state index in [-0.39, 0.29) is 17.8 Å². The normalized spacial score (nSPS) is 14.1. The van der Waals surface area contributed by atoms with Crippen LogP contribution in [0, 0.1) is 5.92 Å². The third kappa shape index (κ3) is 4.17. The number of aldehydes is 1. The molecular formula is C15H18O3. The Kier molecular flexibility index (Phi) is 5.85. The van der Waals surface area contributed by atoms with Crippen molar-refractivity contribution in [2.24, 2.45) is 5.92 Å². The van der Waals surface area contributed by atoms with E-state index in [0.717, 1.165) is 11.8 Å². The molecular weight excluding hydrogens is 228 g/mol. The number of ether oxygens (including phenoxy) is 1. The van der Waals surface area contributed by atoms with Crippen molar-refractivity contribution in [2.45, 2.75) is 19.3 Å². The average molecular weight is 246 g/mol. The minimum absolute atomic E-state index is 0.0375. The fourth-order valence-electron chi connectivity index (χ4n) is 1.85. The lowest BCUT2D eigenvalue weighted by molar-refractivity contribution is -0.134. The summed E-state index contributed by atoms with van der Waals surface area (Å²) in [6.45, 7) is 1.99. The maximum atomic E-state index is 11.1. The molecule has 0 saturated carbocycles. The van der Waals surface area contributed by atoms with Gasteiger partial charge in [-0.15, -0.1) is 0 Å². The van der Waals surface area contributed by atoms with Crippen LogP contribution in [-0.2, 0) is 14.3 Å². The molecule has 0 N–H and O–H groups in total. The van der Waals surface area contributed by atoms with Crippen molar-refractivity contribution in [1.29, 1.82) is 0 Å². The lowest BCUT2D eigenvalue weighted by atomic mass is 9.85. The SMILES string of the molecule is COC(=O)C=C[C@H](c1ccccc1)[C@H](C)CC=O. The summed E-state index contributed by atoms with van der Waals surface area (Å²) in [5.74, 6) is -0.199. The first-order valence-electron chi connectivity index (χ1n) is 5.93. The highest BCUT2D eigenvalue weighted by atomic mass is 16.5. The van der Waals surface area contributed by atoms with E-state index < -0.39 is 0 Å². The van der Waals surface area contributed by atoms with Crippen molar-refractivity contribution >= 4 is 12.3 Å². The number of hydrogen-bond donors (Lipinski definition) is 0. The molecule has 96 valence electrons. The predicted octanol–water partition coefficient (Wildman–Crippen LogP) is 2.72. The monoisotopic (exact) mass is 246 g/mol. The number of hydrogen-bond acceptors (Lipinski definition) is 3. The summed E-state index contributed by atoms with van der Waals surface area (Å²) in [4.78, 5) is 21.8. The quantitative estimate of drug-likeness (QED) is 0.440. The number of rotatable bonds is 6. The van der Waals surface area contributed by atoms with Crippen LogP contribution in [0.5, 0.6) is 0 Å². The molecule has 3 heteroatoms. The van der Waals surface area contributed by atoms with E-state index in [9.17, 15) is 9.59 Å². The fraction of sp³-hybridized carbons (Fsp3) is 0.333. The van der Waals surface area contributed by atoms with Crippen LogP contribution in [0.15, 0.2) is 42.5 Å². The van der Waals surface area contributed by atoms with Crippen LogP contribution in [-0.4, -0.2) is 19.4 Å². The molecule has 0 aliphatic carbocycles. The first-order chi connectivity index (χ1) is 8.69. The van der Waals surface area contributed by atoms with Gasteiger partial charge in [0.2, 0.25) is 0 Å². The molecule has 0 spiro atoms. The predicted molar refractivity (Wildman–Crippen MR) is 70.2 cm³/mol. The van der Waals surface area contributed by atoms with Crippen LogP contribution < -0.4 is 0 Å². The van der Waals surface area contributed by atoms with Crippen molar-refractivity contribution in [2.75, 3.05) is 7.11 Å². The van der Waals surface area contributed by atoms with Crippen molar-refractivity contribution in [3.8, 4) is 0 Å². The zero-order valence-electron chi connectivity index (χ0n) is 10.7. The second-order valence-corrected chi connectivity index (χ2v) is 4.20. The first-order valence-corrected chi connectivity index (χ1v) is 5.93. The number of methoxy groups -OCH3 is 1. The van der Waals surface area contributed by atoms with Gasteiger partial charge in [-0.1, -0.05) is 43.3 Å². The third-order valence-corrected chi connectivity index (χ3v) is 2.91. The van der Waals surface area contributed by atoms with Crippen LogP contribution in [0.3, 0.4) is 0 Å². The Labute approximate surface area is 107 Å². The molecule has 2 atom stereocenters. The van der Waals surface area contributed by atoms with Crippen LogP contribution in [0.25, 0.3) is 0 Å². The highest BCUT2D eigenvalue weighted by molar-refractivity contribution is 5.81. The Morgan fingerprint density at radius 1 is 1.33 bits per heavy atom. The maximum absolute atomic E-state index is 11.1. The lowest BCUT2D eigenvalue weighted by Gasteiger charge is -2.19. The molecule has 0 aromatic heterocycles. The molecule has 1 aromatic rings. The number of carbonyl (C=O) groups is 2. The number of allylic oxidation sites excluding steroid dienone is 1. The maximum Gasteiger partial charge on any atom is 0.330 e. The van der Waals surface area contributed by atoms with Gasteiger partial charge in [0.15, 0.2) is 0 Å². The Hall–Kier alpha value is -1.90. The van der Waals surface area contributed by atoms with E-state index in [0.29, 0.717) is 6.42 Å². The van der Waals surface area contributed by atoms with Crippen LogP contribution in [0.4, 0.5) is 0 Å². The summed E-state index contributed by atoms with van der Waals surface area (Å²) in [5, 5.41) is 0. The van der Waals surface area contributed by atoms with Gasteiger partial charge in [-0.3, -0.25) is 0 Å². The first kappa shape index (κ1) is 14.2. The summed E-state index contributed by atoms with van der Waals surface area (Å²) >= 11 is 0. The van der Waals surface area contributed by atoms with Gasteiger partial charge in [-0.05, 0) is 11.5 Å². The summed E-state index contributed by atoms with van der Waals surface area (Å²) in [7, 11) is 1.35. The average Bonchev–Trinajstić information content (AvgIpc) is 2.40. The Bertz CT molecular complexity index is 409. The van der Waals surface area contributed by atoms with E-state index in [1.54, 1.807) is 6.08 Å². The molecule has 0 bridgehead atoms. The molecule has 0 heterocycles. The zero-order chi connectivity index (χ0) is 13.4. The minimum Gasteiger partial charge on any atom is -0.466 e. The highest BCUT2D eigenvalue weighted by Crippen LogP contribution is 2.27. The van der Waals surface area contributed by atoms with Crippen molar-refractivity contribution in [3.05, 3.63) is 48.0 Å². The summed E-state index contributed by atoms with van der Waals surface area (Å²) in [6.07, 6.45) is 4.59. The van der Waals surface area contributed by atoms with E-state index in [4.69, 9.17) is 0 Å². The largest absolute Gasteiger partial charge is 0.466 e. The molecule has 1 aromatic carbocycles. The van der Waals surface area contributed by atoms with Gasteiger partial charge >= 0.3 is 5.97 Å². The molecule has 18 heavy (non-hydrogen) atoms. The minimum atomic E-state index is -0.380. The zero-order valence-corrected chi connectivity index (χ0v) is 10.7. The van der Waals surface area contributed by atoms with Gasteiger partial charge in [0.25, 0.3) is 0 Å². The topological polar surface area (TPSA) is 43.4 Å². The highest BCUT2D eigenvalue weighted by Gasteiger charge is 2.16. The Morgan fingerprint density at radius 2 is 2.00 bits per heavy atom.